The second-order valence-corrected chi connectivity index (χ2v) is 5.78. The Hall–Kier alpha value is 0. The molecule has 0 radical (unpaired) electrons. The summed E-state index contributed by atoms with van der Waals surface area (Å²) in [4.78, 5) is 0. The zero-order valence-electron chi connectivity index (χ0n) is 9.19. The minimum absolute atomic E-state index is 0.551. The van der Waals surface area contributed by atoms with Gasteiger partial charge in [-0.3, -0.25) is 0 Å². The maximum atomic E-state index is 2.38. The van der Waals surface area contributed by atoms with Gasteiger partial charge in [-0.2, -0.15) is 0 Å². The van der Waals surface area contributed by atoms with Crippen LogP contribution in [0.2, 0.25) is 0 Å². The molecule has 1 saturated carbocycles. The summed E-state index contributed by atoms with van der Waals surface area (Å²) in [5, 5.41) is 0. The third kappa shape index (κ3) is 4.13. The van der Waals surface area contributed by atoms with Crippen molar-refractivity contribution < 1.29 is 0 Å². The summed E-state index contributed by atoms with van der Waals surface area (Å²) in [7, 11) is 0. The number of hydrogen-bond acceptors (Lipinski definition) is 0. The summed E-state index contributed by atoms with van der Waals surface area (Å²) in [6.07, 6.45) is 7.31. The van der Waals surface area contributed by atoms with E-state index < -0.39 is 0 Å². The van der Waals surface area contributed by atoms with Crippen LogP contribution in [0.5, 0.6) is 0 Å². The normalized spacial score (nSPS) is 29.0. The fraction of sp³-hybridized carbons (Fsp3) is 1.00. The van der Waals surface area contributed by atoms with E-state index in [0.29, 0.717) is 5.41 Å². The van der Waals surface area contributed by atoms with Crippen LogP contribution in [0.3, 0.4) is 0 Å². The molecule has 1 fully saturated rings. The highest BCUT2D eigenvalue weighted by Gasteiger charge is 2.31. The van der Waals surface area contributed by atoms with Gasteiger partial charge in [0.05, 0.1) is 0 Å². The Morgan fingerprint density at radius 1 is 1.17 bits per heavy atom. The fourth-order valence-electron chi connectivity index (χ4n) is 1.86. The Morgan fingerprint density at radius 3 is 2.17 bits per heavy atom. The van der Waals surface area contributed by atoms with Gasteiger partial charge in [0.1, 0.15) is 0 Å². The lowest BCUT2D eigenvalue weighted by Crippen LogP contribution is -2.03. The third-order valence-electron chi connectivity index (χ3n) is 3.03. The van der Waals surface area contributed by atoms with Crippen molar-refractivity contribution in [3.63, 3.8) is 0 Å². The number of rotatable bonds is 4. The van der Waals surface area contributed by atoms with Crippen LogP contribution in [0.1, 0.15) is 59.8 Å². The molecule has 2 atom stereocenters. The van der Waals surface area contributed by atoms with Gasteiger partial charge in [-0.1, -0.05) is 47.0 Å². The molecule has 0 aliphatic heterocycles. The highest BCUT2D eigenvalue weighted by molar-refractivity contribution is 4.81. The lowest BCUT2D eigenvalue weighted by atomic mass is 9.89. The number of hydrogen-bond donors (Lipinski definition) is 0. The van der Waals surface area contributed by atoms with Crippen LogP contribution >= 0.6 is 0 Å². The van der Waals surface area contributed by atoms with E-state index in [2.05, 4.69) is 27.7 Å². The van der Waals surface area contributed by atoms with Gasteiger partial charge in [-0.15, -0.1) is 0 Å². The molecule has 0 N–H and O–H groups in total. The largest absolute Gasteiger partial charge is 0.0622 e. The lowest BCUT2D eigenvalue weighted by Gasteiger charge is -2.17. The van der Waals surface area contributed by atoms with E-state index in [1.807, 2.05) is 0 Å². The topological polar surface area (TPSA) is 0 Å². The molecule has 0 heteroatoms. The van der Waals surface area contributed by atoms with Crippen molar-refractivity contribution in [1.82, 2.24) is 0 Å². The van der Waals surface area contributed by atoms with Crippen LogP contribution in [0.25, 0.3) is 0 Å². The van der Waals surface area contributed by atoms with Gasteiger partial charge in [-0.25, -0.2) is 0 Å². The molecule has 1 rings (SSSR count). The molecular formula is C12H24. The van der Waals surface area contributed by atoms with Crippen LogP contribution in [-0.2, 0) is 0 Å². The summed E-state index contributed by atoms with van der Waals surface area (Å²) in [5.74, 6) is 2.16. The Labute approximate surface area is 77.7 Å². The quantitative estimate of drug-likeness (QED) is 0.550. The van der Waals surface area contributed by atoms with Crippen molar-refractivity contribution in [3.05, 3.63) is 0 Å². The van der Waals surface area contributed by atoms with Crippen molar-refractivity contribution in [2.45, 2.75) is 59.8 Å². The van der Waals surface area contributed by atoms with Crippen molar-refractivity contribution in [2.75, 3.05) is 0 Å². The average Bonchev–Trinajstić information content (AvgIpc) is 2.57. The zero-order chi connectivity index (χ0) is 9.19. The van der Waals surface area contributed by atoms with E-state index >= 15 is 0 Å². The molecule has 2 unspecified atom stereocenters. The second kappa shape index (κ2) is 3.81. The fourth-order valence-corrected chi connectivity index (χ4v) is 1.86. The van der Waals surface area contributed by atoms with Gasteiger partial charge in [0, 0.05) is 0 Å². The van der Waals surface area contributed by atoms with Crippen LogP contribution in [-0.4, -0.2) is 0 Å². The predicted octanol–water partition coefficient (Wildman–Crippen LogP) is 4.25. The molecule has 0 aromatic carbocycles. The summed E-state index contributed by atoms with van der Waals surface area (Å²) in [6.45, 7) is 9.40. The van der Waals surface area contributed by atoms with Crippen molar-refractivity contribution >= 4 is 0 Å². The van der Waals surface area contributed by atoms with Crippen LogP contribution in [0, 0.1) is 17.3 Å². The van der Waals surface area contributed by atoms with Crippen molar-refractivity contribution in [2.24, 2.45) is 17.3 Å². The Morgan fingerprint density at radius 2 is 1.75 bits per heavy atom. The molecule has 1 aliphatic rings. The van der Waals surface area contributed by atoms with E-state index in [1.165, 1.54) is 32.1 Å². The Kier molecular flexibility index (Phi) is 3.20. The maximum Gasteiger partial charge on any atom is -0.0383 e. The SMILES string of the molecule is CC1CC1CCCCC(C)(C)C. The summed E-state index contributed by atoms with van der Waals surface area (Å²) >= 11 is 0. The highest BCUT2D eigenvalue weighted by Crippen LogP contribution is 2.41. The average molecular weight is 168 g/mol. The summed E-state index contributed by atoms with van der Waals surface area (Å²) in [5.41, 5.74) is 0.551. The smallest absolute Gasteiger partial charge is 0.0383 e. The molecule has 0 saturated heterocycles. The first-order valence-electron chi connectivity index (χ1n) is 5.49. The molecule has 0 aromatic heterocycles. The van der Waals surface area contributed by atoms with E-state index in [1.54, 1.807) is 0 Å². The molecule has 0 spiro atoms. The molecule has 0 nitrogen and oxygen atoms in total. The first-order valence-corrected chi connectivity index (χ1v) is 5.49. The molecule has 0 amide bonds. The van der Waals surface area contributed by atoms with Crippen LogP contribution < -0.4 is 0 Å². The van der Waals surface area contributed by atoms with Gasteiger partial charge >= 0.3 is 0 Å². The first kappa shape index (κ1) is 10.1. The summed E-state index contributed by atoms with van der Waals surface area (Å²) in [6, 6.07) is 0. The zero-order valence-corrected chi connectivity index (χ0v) is 9.19. The third-order valence-corrected chi connectivity index (χ3v) is 3.03. The Bertz CT molecular complexity index is 129. The molecule has 72 valence electrons. The van der Waals surface area contributed by atoms with E-state index in [-0.39, 0.29) is 0 Å². The van der Waals surface area contributed by atoms with Crippen LogP contribution in [0.15, 0.2) is 0 Å². The van der Waals surface area contributed by atoms with Gasteiger partial charge in [0.15, 0.2) is 0 Å². The minimum atomic E-state index is 0.551. The molecular weight excluding hydrogens is 144 g/mol. The van der Waals surface area contributed by atoms with Gasteiger partial charge in [0.2, 0.25) is 0 Å². The predicted molar refractivity (Wildman–Crippen MR) is 55.2 cm³/mol. The maximum absolute atomic E-state index is 2.38. The van der Waals surface area contributed by atoms with Crippen molar-refractivity contribution in [1.29, 1.82) is 0 Å². The highest BCUT2D eigenvalue weighted by atomic mass is 14.4. The Balaban J connectivity index is 1.90. The second-order valence-electron chi connectivity index (χ2n) is 5.78. The van der Waals surface area contributed by atoms with E-state index in [0.717, 1.165) is 11.8 Å². The molecule has 0 aromatic rings. The molecule has 1 aliphatic carbocycles. The van der Waals surface area contributed by atoms with Gasteiger partial charge in [-0.05, 0) is 30.1 Å². The standard InChI is InChI=1S/C12H24/c1-10-9-11(10)7-5-6-8-12(2,3)4/h10-11H,5-9H2,1-4H3. The lowest BCUT2D eigenvalue weighted by molar-refractivity contribution is 0.355. The van der Waals surface area contributed by atoms with E-state index in [4.69, 9.17) is 0 Å². The van der Waals surface area contributed by atoms with Crippen molar-refractivity contribution in [3.8, 4) is 0 Å². The molecule has 12 heavy (non-hydrogen) atoms. The summed E-state index contributed by atoms with van der Waals surface area (Å²) < 4.78 is 0. The minimum Gasteiger partial charge on any atom is -0.0622 e. The van der Waals surface area contributed by atoms with Gasteiger partial charge in [0.25, 0.3) is 0 Å². The van der Waals surface area contributed by atoms with E-state index in [9.17, 15) is 0 Å². The number of unbranched alkanes of at least 4 members (excludes halogenated alkanes) is 1. The van der Waals surface area contributed by atoms with Gasteiger partial charge < -0.3 is 0 Å². The molecule has 0 heterocycles. The molecule has 0 bridgehead atoms. The first-order chi connectivity index (χ1) is 5.49. The van der Waals surface area contributed by atoms with Crippen LogP contribution in [0.4, 0.5) is 0 Å². The monoisotopic (exact) mass is 168 g/mol.